The minimum Gasteiger partial charge on any atom is -0.369 e. The molecule has 0 spiro atoms. The van der Waals surface area contributed by atoms with E-state index in [1.54, 1.807) is 16.2 Å². The number of carbonyl (C=O) groups excluding carboxylic acids is 2. The summed E-state index contributed by atoms with van der Waals surface area (Å²) in [7, 11) is 0. The van der Waals surface area contributed by atoms with Crippen molar-refractivity contribution in [3.8, 4) is 0 Å². The van der Waals surface area contributed by atoms with Crippen LogP contribution < -0.4 is 0 Å². The Labute approximate surface area is 122 Å². The van der Waals surface area contributed by atoms with Crippen molar-refractivity contribution >= 4 is 23.2 Å². The van der Waals surface area contributed by atoms with Gasteiger partial charge in [-0.1, -0.05) is 6.07 Å². The zero-order chi connectivity index (χ0) is 13.9. The quantitative estimate of drug-likeness (QED) is 0.839. The van der Waals surface area contributed by atoms with Crippen molar-refractivity contribution in [1.29, 1.82) is 0 Å². The lowest BCUT2D eigenvalue weighted by Gasteiger charge is -2.36. The first kappa shape index (κ1) is 13.6. The maximum atomic E-state index is 12.5. The minimum absolute atomic E-state index is 0.0344. The summed E-state index contributed by atoms with van der Waals surface area (Å²) in [6.07, 6.45) is 2.11. The first-order valence-electron chi connectivity index (χ1n) is 6.94. The van der Waals surface area contributed by atoms with Crippen LogP contribution in [0.15, 0.2) is 17.5 Å². The van der Waals surface area contributed by atoms with Crippen LogP contribution in [0.5, 0.6) is 0 Å². The molecular weight excluding hydrogens is 276 g/mol. The van der Waals surface area contributed by atoms with Gasteiger partial charge in [0.05, 0.1) is 13.2 Å². The maximum absolute atomic E-state index is 12.5. The van der Waals surface area contributed by atoms with Gasteiger partial charge in [-0.25, -0.2) is 0 Å². The topological polar surface area (TPSA) is 49.9 Å². The molecule has 2 fully saturated rings. The lowest BCUT2D eigenvalue weighted by Crippen LogP contribution is -2.56. The van der Waals surface area contributed by atoms with Crippen LogP contribution in [0.4, 0.5) is 0 Å². The Morgan fingerprint density at radius 3 is 2.90 bits per heavy atom. The van der Waals surface area contributed by atoms with E-state index in [9.17, 15) is 9.59 Å². The van der Waals surface area contributed by atoms with E-state index in [1.807, 2.05) is 22.4 Å². The average Bonchev–Trinajstić information content (AvgIpc) is 3.12. The Kier molecular flexibility index (Phi) is 4.03. The van der Waals surface area contributed by atoms with Crippen LogP contribution in [0.2, 0.25) is 0 Å². The highest BCUT2D eigenvalue weighted by Crippen LogP contribution is 2.20. The van der Waals surface area contributed by atoms with E-state index in [4.69, 9.17) is 4.74 Å². The van der Waals surface area contributed by atoms with Crippen LogP contribution in [0.3, 0.4) is 0 Å². The molecule has 2 saturated heterocycles. The van der Waals surface area contributed by atoms with Gasteiger partial charge in [-0.05, 0) is 24.3 Å². The molecule has 3 heterocycles. The summed E-state index contributed by atoms with van der Waals surface area (Å²) >= 11 is 1.61. The van der Waals surface area contributed by atoms with Crippen molar-refractivity contribution in [1.82, 2.24) is 9.80 Å². The van der Waals surface area contributed by atoms with Crippen molar-refractivity contribution in [2.45, 2.75) is 25.4 Å². The van der Waals surface area contributed by atoms with Gasteiger partial charge in [0, 0.05) is 18.0 Å². The number of morpholine rings is 1. The van der Waals surface area contributed by atoms with E-state index < -0.39 is 6.04 Å². The number of amides is 2. The predicted octanol–water partition coefficient (Wildman–Crippen LogP) is 1.10. The second-order valence-electron chi connectivity index (χ2n) is 5.16. The molecule has 0 aliphatic carbocycles. The third-order valence-corrected chi connectivity index (χ3v) is 4.67. The highest BCUT2D eigenvalue weighted by Gasteiger charge is 2.37. The number of ether oxygens (including phenoxy) is 1. The van der Waals surface area contributed by atoms with Crippen molar-refractivity contribution in [2.75, 3.05) is 26.3 Å². The summed E-state index contributed by atoms with van der Waals surface area (Å²) in [6.45, 7) is 2.50. The maximum Gasteiger partial charge on any atom is 0.249 e. The van der Waals surface area contributed by atoms with Crippen molar-refractivity contribution in [2.24, 2.45) is 0 Å². The minimum atomic E-state index is -0.462. The monoisotopic (exact) mass is 294 g/mol. The van der Waals surface area contributed by atoms with E-state index in [0.717, 1.165) is 30.8 Å². The number of carbonyl (C=O) groups is 2. The van der Waals surface area contributed by atoms with Crippen LogP contribution >= 0.6 is 11.3 Å². The molecule has 108 valence electrons. The predicted molar refractivity (Wildman–Crippen MR) is 75.3 cm³/mol. The smallest absolute Gasteiger partial charge is 0.249 e. The molecule has 1 aromatic rings. The first-order chi connectivity index (χ1) is 9.75. The lowest BCUT2D eigenvalue weighted by molar-refractivity contribution is -0.159. The number of likely N-dealkylation sites (tertiary alicyclic amines) is 1. The highest BCUT2D eigenvalue weighted by atomic mass is 32.1. The second-order valence-corrected chi connectivity index (χ2v) is 6.20. The summed E-state index contributed by atoms with van der Waals surface area (Å²) < 4.78 is 5.29. The van der Waals surface area contributed by atoms with Gasteiger partial charge >= 0.3 is 0 Å². The number of nitrogens with zero attached hydrogens (tertiary/aromatic N) is 2. The number of hydrogen-bond donors (Lipinski definition) is 0. The van der Waals surface area contributed by atoms with Crippen molar-refractivity contribution in [3.05, 3.63) is 22.4 Å². The van der Waals surface area contributed by atoms with E-state index in [-0.39, 0.29) is 18.4 Å². The van der Waals surface area contributed by atoms with Crippen LogP contribution in [0.1, 0.15) is 17.7 Å². The Balaban J connectivity index is 1.75. The summed E-state index contributed by atoms with van der Waals surface area (Å²) in [6, 6.07) is 3.49. The standard InChI is InChI=1S/C14H18N2O3S/c17-13-10-19-9-12(14(18)15-5-1-2-6-15)16(13)8-11-4-3-7-20-11/h3-4,7,12H,1-2,5-6,8-10H2. The number of hydrogen-bond acceptors (Lipinski definition) is 4. The van der Waals surface area contributed by atoms with Crippen LogP contribution in [0.25, 0.3) is 0 Å². The Hall–Kier alpha value is -1.40. The fraction of sp³-hybridized carbons (Fsp3) is 0.571. The van der Waals surface area contributed by atoms with Gasteiger partial charge in [0.15, 0.2) is 0 Å². The van der Waals surface area contributed by atoms with Gasteiger partial charge in [0.2, 0.25) is 11.8 Å². The molecule has 3 rings (SSSR count). The van der Waals surface area contributed by atoms with Gasteiger partial charge in [0.25, 0.3) is 0 Å². The Bertz CT molecular complexity index is 483. The largest absolute Gasteiger partial charge is 0.369 e. The van der Waals surface area contributed by atoms with Gasteiger partial charge in [-0.2, -0.15) is 0 Å². The van der Waals surface area contributed by atoms with E-state index in [0.29, 0.717) is 13.2 Å². The molecule has 1 atom stereocenters. The van der Waals surface area contributed by atoms with Crippen molar-refractivity contribution in [3.63, 3.8) is 0 Å². The molecule has 2 aliphatic rings. The Morgan fingerprint density at radius 1 is 1.40 bits per heavy atom. The fourth-order valence-electron chi connectivity index (χ4n) is 2.73. The molecule has 0 saturated carbocycles. The molecule has 0 aromatic carbocycles. The summed E-state index contributed by atoms with van der Waals surface area (Å²) in [5, 5.41) is 1.98. The SMILES string of the molecule is O=C(C1COCC(=O)N1Cc1cccs1)N1CCCC1. The molecule has 0 radical (unpaired) electrons. The third kappa shape index (κ3) is 2.71. The average molecular weight is 294 g/mol. The fourth-order valence-corrected chi connectivity index (χ4v) is 3.43. The normalized spacial score (nSPS) is 23.4. The van der Waals surface area contributed by atoms with Gasteiger partial charge < -0.3 is 14.5 Å². The zero-order valence-corrected chi connectivity index (χ0v) is 12.1. The van der Waals surface area contributed by atoms with Crippen LogP contribution in [0, 0.1) is 0 Å². The number of thiophene rings is 1. The first-order valence-corrected chi connectivity index (χ1v) is 7.82. The Morgan fingerprint density at radius 2 is 2.20 bits per heavy atom. The molecule has 6 heteroatoms. The molecule has 20 heavy (non-hydrogen) atoms. The third-order valence-electron chi connectivity index (χ3n) is 3.81. The second kappa shape index (κ2) is 5.93. The van der Waals surface area contributed by atoms with Crippen LogP contribution in [-0.2, 0) is 20.9 Å². The molecule has 5 nitrogen and oxygen atoms in total. The number of rotatable bonds is 3. The highest BCUT2D eigenvalue weighted by molar-refractivity contribution is 7.09. The molecule has 2 aliphatic heterocycles. The van der Waals surface area contributed by atoms with E-state index >= 15 is 0 Å². The molecule has 1 aromatic heterocycles. The van der Waals surface area contributed by atoms with Gasteiger partial charge in [-0.15, -0.1) is 11.3 Å². The lowest BCUT2D eigenvalue weighted by atomic mass is 10.2. The van der Waals surface area contributed by atoms with E-state index in [2.05, 4.69) is 0 Å². The zero-order valence-electron chi connectivity index (χ0n) is 11.3. The van der Waals surface area contributed by atoms with Crippen LogP contribution in [-0.4, -0.2) is 54.0 Å². The molecular formula is C14H18N2O3S. The van der Waals surface area contributed by atoms with Gasteiger partial charge in [-0.3, -0.25) is 9.59 Å². The summed E-state index contributed by atoms with van der Waals surface area (Å²) in [5.41, 5.74) is 0. The molecule has 0 bridgehead atoms. The summed E-state index contributed by atoms with van der Waals surface area (Å²) in [4.78, 5) is 29.3. The molecule has 0 N–H and O–H groups in total. The van der Waals surface area contributed by atoms with Crippen molar-refractivity contribution < 1.29 is 14.3 Å². The molecule has 2 amide bonds. The molecule has 1 unspecified atom stereocenters. The van der Waals surface area contributed by atoms with E-state index in [1.165, 1.54) is 0 Å². The van der Waals surface area contributed by atoms with Gasteiger partial charge in [0.1, 0.15) is 12.6 Å². The summed E-state index contributed by atoms with van der Waals surface area (Å²) in [5.74, 6) is -0.0608.